The van der Waals surface area contributed by atoms with Crippen molar-refractivity contribution in [3.05, 3.63) is 35.9 Å². The number of aliphatic hydroxyl groups is 1. The van der Waals surface area contributed by atoms with Crippen molar-refractivity contribution in [2.75, 3.05) is 13.1 Å². The standard InChI is InChI=1S/C18H29NO/c1-4-16(17(20)15-10-8-7-9-11-15)19-13-12-18(5-2,6-3)14-19/h7-11,16-17,20H,4-6,12-14H2,1-3H3. The number of benzene rings is 1. The zero-order valence-corrected chi connectivity index (χ0v) is 13.2. The lowest BCUT2D eigenvalue weighted by Gasteiger charge is -2.33. The molecule has 0 saturated carbocycles. The Morgan fingerprint density at radius 2 is 1.80 bits per heavy atom. The van der Waals surface area contributed by atoms with Crippen molar-refractivity contribution in [2.45, 2.75) is 58.6 Å². The quantitative estimate of drug-likeness (QED) is 0.848. The molecule has 1 N–H and O–H groups in total. The number of hydrogen-bond acceptors (Lipinski definition) is 2. The number of likely N-dealkylation sites (tertiary alicyclic amines) is 1. The first kappa shape index (κ1) is 15.5. The molecular formula is C18H29NO. The fourth-order valence-electron chi connectivity index (χ4n) is 3.63. The second-order valence-electron chi connectivity index (χ2n) is 6.26. The van der Waals surface area contributed by atoms with Gasteiger partial charge in [-0.1, -0.05) is 51.1 Å². The average molecular weight is 275 g/mol. The van der Waals surface area contributed by atoms with Gasteiger partial charge in [0.2, 0.25) is 0 Å². The van der Waals surface area contributed by atoms with Gasteiger partial charge in [-0.2, -0.15) is 0 Å². The first-order valence-corrected chi connectivity index (χ1v) is 8.13. The van der Waals surface area contributed by atoms with Crippen molar-refractivity contribution in [1.29, 1.82) is 0 Å². The van der Waals surface area contributed by atoms with Crippen LogP contribution in [0, 0.1) is 5.41 Å². The predicted molar refractivity (Wildman–Crippen MR) is 84.7 cm³/mol. The van der Waals surface area contributed by atoms with Crippen LogP contribution in [0.5, 0.6) is 0 Å². The number of rotatable bonds is 6. The Labute approximate surface area is 123 Å². The monoisotopic (exact) mass is 275 g/mol. The molecule has 0 amide bonds. The molecule has 1 aromatic carbocycles. The van der Waals surface area contributed by atoms with E-state index in [1.807, 2.05) is 30.3 Å². The van der Waals surface area contributed by atoms with E-state index in [0.717, 1.165) is 25.1 Å². The van der Waals surface area contributed by atoms with Crippen molar-refractivity contribution >= 4 is 0 Å². The van der Waals surface area contributed by atoms with E-state index in [1.165, 1.54) is 19.3 Å². The summed E-state index contributed by atoms with van der Waals surface area (Å²) in [6.07, 6.45) is 4.40. The van der Waals surface area contributed by atoms with Crippen molar-refractivity contribution < 1.29 is 5.11 Å². The molecule has 1 aliphatic rings. The maximum Gasteiger partial charge on any atom is 0.0945 e. The maximum absolute atomic E-state index is 10.7. The lowest BCUT2D eigenvalue weighted by atomic mass is 9.82. The largest absolute Gasteiger partial charge is 0.387 e. The Kier molecular flexibility index (Phi) is 5.22. The first-order valence-electron chi connectivity index (χ1n) is 8.13. The van der Waals surface area contributed by atoms with Gasteiger partial charge in [0.15, 0.2) is 0 Å². The molecule has 1 heterocycles. The van der Waals surface area contributed by atoms with E-state index in [1.54, 1.807) is 0 Å². The first-order chi connectivity index (χ1) is 9.65. The highest BCUT2D eigenvalue weighted by Crippen LogP contribution is 2.39. The number of hydrogen-bond donors (Lipinski definition) is 1. The minimum Gasteiger partial charge on any atom is -0.387 e. The van der Waals surface area contributed by atoms with Gasteiger partial charge in [-0.15, -0.1) is 0 Å². The van der Waals surface area contributed by atoms with E-state index in [0.29, 0.717) is 5.41 Å². The highest BCUT2D eigenvalue weighted by molar-refractivity contribution is 5.19. The number of nitrogens with zero attached hydrogens (tertiary/aromatic N) is 1. The fourth-order valence-corrected chi connectivity index (χ4v) is 3.63. The number of aliphatic hydroxyl groups excluding tert-OH is 1. The minimum absolute atomic E-state index is 0.248. The Balaban J connectivity index is 2.10. The highest BCUT2D eigenvalue weighted by atomic mass is 16.3. The van der Waals surface area contributed by atoms with Gasteiger partial charge in [-0.05, 0) is 43.2 Å². The van der Waals surface area contributed by atoms with Crippen molar-refractivity contribution in [3.63, 3.8) is 0 Å². The molecule has 0 spiro atoms. The van der Waals surface area contributed by atoms with Crippen LogP contribution in [0.15, 0.2) is 30.3 Å². The van der Waals surface area contributed by atoms with E-state index in [-0.39, 0.29) is 12.1 Å². The molecule has 20 heavy (non-hydrogen) atoms. The molecule has 1 aromatic rings. The molecule has 112 valence electrons. The van der Waals surface area contributed by atoms with Gasteiger partial charge in [0.25, 0.3) is 0 Å². The SMILES string of the molecule is CCC(C(O)c1ccccc1)N1CCC(CC)(CC)C1. The molecule has 0 aromatic heterocycles. The van der Waals surface area contributed by atoms with Crippen LogP contribution in [0.3, 0.4) is 0 Å². The maximum atomic E-state index is 10.7. The van der Waals surface area contributed by atoms with Crippen LogP contribution >= 0.6 is 0 Å². The molecule has 1 saturated heterocycles. The van der Waals surface area contributed by atoms with Gasteiger partial charge in [-0.25, -0.2) is 0 Å². The summed E-state index contributed by atoms with van der Waals surface area (Å²) >= 11 is 0. The van der Waals surface area contributed by atoms with Crippen LogP contribution in [0.4, 0.5) is 0 Å². The topological polar surface area (TPSA) is 23.5 Å². The van der Waals surface area contributed by atoms with Crippen LogP contribution in [-0.4, -0.2) is 29.1 Å². The molecule has 2 heteroatoms. The summed E-state index contributed by atoms with van der Waals surface area (Å²) in [5.74, 6) is 0. The van der Waals surface area contributed by atoms with Gasteiger partial charge < -0.3 is 5.11 Å². The van der Waals surface area contributed by atoms with Crippen LogP contribution in [0.25, 0.3) is 0 Å². The highest BCUT2D eigenvalue weighted by Gasteiger charge is 2.39. The third-order valence-electron chi connectivity index (χ3n) is 5.36. The third kappa shape index (κ3) is 3.07. The van der Waals surface area contributed by atoms with Crippen LogP contribution in [-0.2, 0) is 0 Å². The second-order valence-corrected chi connectivity index (χ2v) is 6.26. The second kappa shape index (κ2) is 6.73. The van der Waals surface area contributed by atoms with Crippen LogP contribution < -0.4 is 0 Å². The fraction of sp³-hybridized carbons (Fsp3) is 0.667. The van der Waals surface area contributed by atoms with Gasteiger partial charge >= 0.3 is 0 Å². The Hall–Kier alpha value is -0.860. The molecule has 0 radical (unpaired) electrons. The van der Waals surface area contributed by atoms with E-state index in [2.05, 4.69) is 25.7 Å². The molecule has 0 aliphatic carbocycles. The van der Waals surface area contributed by atoms with Gasteiger partial charge in [0, 0.05) is 12.6 Å². The zero-order valence-electron chi connectivity index (χ0n) is 13.2. The molecule has 2 atom stereocenters. The summed E-state index contributed by atoms with van der Waals surface area (Å²) in [6, 6.07) is 10.4. The minimum atomic E-state index is -0.370. The normalized spacial score (nSPS) is 21.8. The average Bonchev–Trinajstić information content (AvgIpc) is 2.94. The Bertz CT molecular complexity index is 399. The van der Waals surface area contributed by atoms with Crippen molar-refractivity contribution in [1.82, 2.24) is 4.90 Å². The van der Waals surface area contributed by atoms with E-state index < -0.39 is 0 Å². The van der Waals surface area contributed by atoms with E-state index in [4.69, 9.17) is 0 Å². The van der Waals surface area contributed by atoms with Gasteiger partial charge in [-0.3, -0.25) is 4.90 Å². The molecule has 1 aliphatic heterocycles. The third-order valence-corrected chi connectivity index (χ3v) is 5.36. The smallest absolute Gasteiger partial charge is 0.0945 e. The molecule has 1 fully saturated rings. The van der Waals surface area contributed by atoms with Crippen molar-refractivity contribution in [3.8, 4) is 0 Å². The van der Waals surface area contributed by atoms with Crippen LogP contribution in [0.2, 0.25) is 0 Å². The zero-order chi connectivity index (χ0) is 14.6. The van der Waals surface area contributed by atoms with E-state index >= 15 is 0 Å². The summed E-state index contributed by atoms with van der Waals surface area (Å²) in [5, 5.41) is 10.7. The molecule has 2 nitrogen and oxygen atoms in total. The summed E-state index contributed by atoms with van der Waals surface area (Å²) in [6.45, 7) is 9.07. The Morgan fingerprint density at radius 3 is 2.30 bits per heavy atom. The molecule has 2 unspecified atom stereocenters. The lowest BCUT2D eigenvalue weighted by Crippen LogP contribution is -2.39. The van der Waals surface area contributed by atoms with Gasteiger partial charge in [0.1, 0.15) is 0 Å². The Morgan fingerprint density at radius 1 is 1.15 bits per heavy atom. The molecule has 2 rings (SSSR count). The van der Waals surface area contributed by atoms with Gasteiger partial charge in [0.05, 0.1) is 6.10 Å². The predicted octanol–water partition coefficient (Wildman–Crippen LogP) is 4.01. The van der Waals surface area contributed by atoms with Crippen molar-refractivity contribution in [2.24, 2.45) is 5.41 Å². The summed E-state index contributed by atoms with van der Waals surface area (Å²) < 4.78 is 0. The lowest BCUT2D eigenvalue weighted by molar-refractivity contribution is 0.0512. The van der Waals surface area contributed by atoms with E-state index in [9.17, 15) is 5.11 Å². The summed E-state index contributed by atoms with van der Waals surface area (Å²) in [5.41, 5.74) is 1.52. The summed E-state index contributed by atoms with van der Waals surface area (Å²) in [7, 11) is 0. The molecular weight excluding hydrogens is 246 g/mol. The van der Waals surface area contributed by atoms with Crippen LogP contribution in [0.1, 0.15) is 58.1 Å². The molecule has 0 bridgehead atoms. The summed E-state index contributed by atoms with van der Waals surface area (Å²) in [4.78, 5) is 2.52.